The van der Waals surface area contributed by atoms with Crippen LogP contribution in [0.3, 0.4) is 0 Å². The summed E-state index contributed by atoms with van der Waals surface area (Å²) in [7, 11) is 0. The predicted molar refractivity (Wildman–Crippen MR) is 72.1 cm³/mol. The highest BCUT2D eigenvalue weighted by Crippen LogP contribution is 2.33. The van der Waals surface area contributed by atoms with E-state index in [4.69, 9.17) is 5.73 Å². The van der Waals surface area contributed by atoms with Crippen molar-refractivity contribution < 1.29 is 9.72 Å². The summed E-state index contributed by atoms with van der Waals surface area (Å²) in [6.45, 7) is 0.702. The number of anilines is 1. The van der Waals surface area contributed by atoms with E-state index in [-0.39, 0.29) is 11.3 Å². The van der Waals surface area contributed by atoms with Gasteiger partial charge in [0.25, 0.3) is 5.69 Å². The summed E-state index contributed by atoms with van der Waals surface area (Å²) >= 11 is 0. The topological polar surface area (TPSA) is 98.3 Å². The summed E-state index contributed by atoms with van der Waals surface area (Å²) < 4.78 is 0. The minimum absolute atomic E-state index is 0.109. The number of hydrogen-bond acceptors (Lipinski definition) is 4. The number of nitrogens with zero attached hydrogens (tertiary/aromatic N) is 1. The predicted octanol–water partition coefficient (Wildman–Crippen LogP) is 2.30. The minimum Gasteiger partial charge on any atom is -0.379 e. The lowest BCUT2D eigenvalue weighted by molar-refractivity contribution is -0.384. The highest BCUT2D eigenvalue weighted by molar-refractivity contribution is 5.94. The van der Waals surface area contributed by atoms with Crippen LogP contribution in [0.25, 0.3) is 0 Å². The van der Waals surface area contributed by atoms with E-state index in [9.17, 15) is 14.9 Å². The Balaban J connectivity index is 2.00. The number of hydrogen-bond donors (Lipinski definition) is 2. The van der Waals surface area contributed by atoms with Crippen molar-refractivity contribution in [3.63, 3.8) is 0 Å². The number of benzene rings is 1. The Morgan fingerprint density at radius 3 is 2.79 bits per heavy atom. The molecule has 0 bridgehead atoms. The lowest BCUT2D eigenvalue weighted by Gasteiger charge is -2.07. The molecule has 0 saturated heterocycles. The van der Waals surface area contributed by atoms with Crippen molar-refractivity contribution in [1.82, 2.24) is 0 Å². The molecule has 1 aliphatic rings. The summed E-state index contributed by atoms with van der Waals surface area (Å²) in [5, 5.41) is 14.0. The van der Waals surface area contributed by atoms with E-state index in [1.165, 1.54) is 37.5 Å². The monoisotopic (exact) mass is 263 g/mol. The van der Waals surface area contributed by atoms with Crippen LogP contribution in [0.2, 0.25) is 0 Å². The summed E-state index contributed by atoms with van der Waals surface area (Å²) in [6.07, 6.45) is 4.79. The van der Waals surface area contributed by atoms with Crippen molar-refractivity contribution in [3.8, 4) is 0 Å². The number of nitrogens with two attached hydrogens (primary N) is 1. The van der Waals surface area contributed by atoms with Crippen molar-refractivity contribution in [2.45, 2.75) is 25.7 Å². The molecule has 1 aromatic carbocycles. The van der Waals surface area contributed by atoms with Gasteiger partial charge in [-0.25, -0.2) is 0 Å². The molecule has 0 atom stereocenters. The molecule has 2 rings (SSSR count). The molecule has 1 aliphatic carbocycles. The van der Waals surface area contributed by atoms with Gasteiger partial charge in [-0.05, 0) is 30.9 Å². The molecule has 0 aromatic heterocycles. The average Bonchev–Trinajstić information content (AvgIpc) is 3.18. The quantitative estimate of drug-likeness (QED) is 0.448. The van der Waals surface area contributed by atoms with Crippen molar-refractivity contribution in [1.29, 1.82) is 0 Å². The Labute approximate surface area is 111 Å². The molecule has 6 nitrogen and oxygen atoms in total. The van der Waals surface area contributed by atoms with Crippen LogP contribution in [-0.2, 0) is 0 Å². The number of nitrogens with one attached hydrogen (secondary N) is 1. The number of amides is 1. The fourth-order valence-electron chi connectivity index (χ4n) is 2.01. The number of carbonyl (C=O) groups excluding carboxylic acids is 1. The molecule has 1 saturated carbocycles. The second-order valence-corrected chi connectivity index (χ2v) is 4.87. The van der Waals surface area contributed by atoms with E-state index in [1.807, 2.05) is 0 Å². The van der Waals surface area contributed by atoms with E-state index in [2.05, 4.69) is 5.32 Å². The Morgan fingerprint density at radius 2 is 2.21 bits per heavy atom. The summed E-state index contributed by atoms with van der Waals surface area (Å²) in [5.74, 6) is 0.192. The lowest BCUT2D eigenvalue weighted by Crippen LogP contribution is -2.12. The second kappa shape index (κ2) is 5.69. The summed E-state index contributed by atoms with van der Waals surface area (Å²) in [5.41, 5.74) is 5.59. The van der Waals surface area contributed by atoms with E-state index < -0.39 is 10.8 Å². The molecule has 0 radical (unpaired) electrons. The van der Waals surface area contributed by atoms with Crippen molar-refractivity contribution in [2.24, 2.45) is 11.7 Å². The summed E-state index contributed by atoms with van der Waals surface area (Å²) in [4.78, 5) is 21.5. The van der Waals surface area contributed by atoms with Gasteiger partial charge in [0.05, 0.1) is 4.92 Å². The maximum Gasteiger partial charge on any atom is 0.293 e. The van der Waals surface area contributed by atoms with E-state index in [0.717, 1.165) is 12.3 Å². The molecular formula is C13H17N3O3. The van der Waals surface area contributed by atoms with Crippen LogP contribution in [0.1, 0.15) is 36.0 Å². The molecule has 0 spiro atoms. The SMILES string of the molecule is NC(=O)c1ccc(NCCCC2CC2)c([N+](=O)[O-])c1. The Kier molecular flexibility index (Phi) is 3.99. The van der Waals surface area contributed by atoms with E-state index in [0.29, 0.717) is 12.2 Å². The molecule has 19 heavy (non-hydrogen) atoms. The molecular weight excluding hydrogens is 246 g/mol. The third-order valence-electron chi connectivity index (χ3n) is 3.28. The Bertz CT molecular complexity index is 498. The Hall–Kier alpha value is -2.11. The van der Waals surface area contributed by atoms with Crippen molar-refractivity contribution in [2.75, 3.05) is 11.9 Å². The molecule has 3 N–H and O–H groups in total. The largest absolute Gasteiger partial charge is 0.379 e. The average molecular weight is 263 g/mol. The van der Waals surface area contributed by atoms with Crippen LogP contribution in [0.5, 0.6) is 0 Å². The fraction of sp³-hybridized carbons (Fsp3) is 0.462. The first kappa shape index (κ1) is 13.3. The number of primary amides is 1. The number of rotatable bonds is 7. The summed E-state index contributed by atoms with van der Waals surface area (Å²) in [6, 6.07) is 4.25. The van der Waals surface area contributed by atoms with Crippen molar-refractivity contribution in [3.05, 3.63) is 33.9 Å². The van der Waals surface area contributed by atoms with Gasteiger partial charge in [-0.3, -0.25) is 14.9 Å². The van der Waals surface area contributed by atoms with Crippen LogP contribution < -0.4 is 11.1 Å². The number of carbonyl (C=O) groups is 1. The third kappa shape index (κ3) is 3.67. The Morgan fingerprint density at radius 1 is 1.47 bits per heavy atom. The maximum atomic E-state index is 11.0. The van der Waals surface area contributed by atoms with Gasteiger partial charge in [0, 0.05) is 18.2 Å². The first-order valence-corrected chi connectivity index (χ1v) is 6.40. The second-order valence-electron chi connectivity index (χ2n) is 4.87. The zero-order valence-electron chi connectivity index (χ0n) is 10.6. The smallest absolute Gasteiger partial charge is 0.293 e. The highest BCUT2D eigenvalue weighted by Gasteiger charge is 2.20. The van der Waals surface area contributed by atoms with Gasteiger partial charge < -0.3 is 11.1 Å². The van der Waals surface area contributed by atoms with E-state index in [1.54, 1.807) is 0 Å². The van der Waals surface area contributed by atoms with E-state index >= 15 is 0 Å². The maximum absolute atomic E-state index is 11.0. The number of nitro benzene ring substituents is 1. The van der Waals surface area contributed by atoms with Crippen LogP contribution in [0.15, 0.2) is 18.2 Å². The molecule has 0 unspecified atom stereocenters. The van der Waals surface area contributed by atoms with Crippen LogP contribution in [0.4, 0.5) is 11.4 Å². The zero-order chi connectivity index (χ0) is 13.8. The first-order chi connectivity index (χ1) is 9.08. The molecule has 1 aromatic rings. The van der Waals surface area contributed by atoms with Gasteiger partial charge in [-0.1, -0.05) is 12.8 Å². The van der Waals surface area contributed by atoms with Crippen LogP contribution in [-0.4, -0.2) is 17.4 Å². The zero-order valence-corrected chi connectivity index (χ0v) is 10.6. The van der Waals surface area contributed by atoms with Gasteiger partial charge >= 0.3 is 0 Å². The standard InChI is InChI=1S/C13H17N3O3/c14-13(17)10-5-6-11(12(8-10)16(18)19)15-7-1-2-9-3-4-9/h5-6,8-9,15H,1-4,7H2,(H2,14,17). The highest BCUT2D eigenvalue weighted by atomic mass is 16.6. The molecule has 1 fully saturated rings. The van der Waals surface area contributed by atoms with Gasteiger partial charge in [-0.2, -0.15) is 0 Å². The van der Waals surface area contributed by atoms with Crippen molar-refractivity contribution >= 4 is 17.3 Å². The third-order valence-corrected chi connectivity index (χ3v) is 3.28. The normalized spacial score (nSPS) is 14.1. The van der Waals surface area contributed by atoms with Crippen LogP contribution >= 0.6 is 0 Å². The fourth-order valence-corrected chi connectivity index (χ4v) is 2.01. The lowest BCUT2D eigenvalue weighted by atomic mass is 10.1. The van der Waals surface area contributed by atoms with Gasteiger partial charge in [-0.15, -0.1) is 0 Å². The van der Waals surface area contributed by atoms with Crippen LogP contribution in [0, 0.1) is 16.0 Å². The molecule has 6 heteroatoms. The van der Waals surface area contributed by atoms with Gasteiger partial charge in [0.15, 0.2) is 0 Å². The van der Waals surface area contributed by atoms with Gasteiger partial charge in [0.1, 0.15) is 5.69 Å². The molecule has 102 valence electrons. The molecule has 0 aliphatic heterocycles. The van der Waals surface area contributed by atoms with Gasteiger partial charge in [0.2, 0.25) is 5.91 Å². The first-order valence-electron chi connectivity index (χ1n) is 6.40. The number of nitro groups is 1. The molecule has 1 amide bonds. The minimum atomic E-state index is -0.664. The molecule has 0 heterocycles.